The zero-order valence-electron chi connectivity index (χ0n) is 12.5. The van der Waals surface area contributed by atoms with Crippen molar-refractivity contribution in [3.8, 4) is 0 Å². The van der Waals surface area contributed by atoms with E-state index in [0.29, 0.717) is 0 Å². The molecule has 1 rings (SSSR count). The van der Waals surface area contributed by atoms with Gasteiger partial charge >= 0.3 is 11.9 Å². The molecule has 7 nitrogen and oxygen atoms in total. The molecule has 1 unspecified atom stereocenters. The van der Waals surface area contributed by atoms with Crippen LogP contribution in [0.25, 0.3) is 0 Å². The van der Waals surface area contributed by atoms with Gasteiger partial charge in [-0.15, -0.1) is 0 Å². The minimum absolute atomic E-state index is 0.152. The summed E-state index contributed by atoms with van der Waals surface area (Å²) in [5, 5.41) is 20.4. The van der Waals surface area contributed by atoms with Gasteiger partial charge in [0.1, 0.15) is 12.6 Å². The summed E-state index contributed by atoms with van der Waals surface area (Å²) >= 11 is 0. The summed E-state index contributed by atoms with van der Waals surface area (Å²) in [4.78, 5) is 35.3. The van der Waals surface area contributed by atoms with Crippen molar-refractivity contribution in [3.05, 3.63) is 35.9 Å². The van der Waals surface area contributed by atoms with Crippen LogP contribution in [0.2, 0.25) is 0 Å². The highest BCUT2D eigenvalue weighted by molar-refractivity contribution is 5.85. The summed E-state index contributed by atoms with van der Waals surface area (Å²) in [5.41, 5.74) is 0.801. The van der Waals surface area contributed by atoms with Gasteiger partial charge in [-0.3, -0.25) is 19.7 Å². The average molecular weight is 308 g/mol. The average Bonchev–Trinajstić information content (AvgIpc) is 2.46. The van der Waals surface area contributed by atoms with Crippen molar-refractivity contribution in [2.24, 2.45) is 0 Å². The molecule has 0 aliphatic rings. The molecule has 0 spiro atoms. The fourth-order valence-corrected chi connectivity index (χ4v) is 1.97. The second-order valence-corrected chi connectivity index (χ2v) is 5.02. The third-order valence-corrected chi connectivity index (χ3v) is 3.09. The lowest BCUT2D eigenvalue weighted by Crippen LogP contribution is -2.50. The molecule has 0 bridgehead atoms. The van der Waals surface area contributed by atoms with E-state index in [-0.39, 0.29) is 6.54 Å². The van der Waals surface area contributed by atoms with Crippen LogP contribution < -0.4 is 5.32 Å². The molecule has 1 amide bonds. The number of carbonyl (C=O) groups is 3. The van der Waals surface area contributed by atoms with E-state index in [1.165, 1.54) is 18.7 Å². The number of carboxylic acid groups (broad SMARTS) is 2. The van der Waals surface area contributed by atoms with Gasteiger partial charge < -0.3 is 15.1 Å². The van der Waals surface area contributed by atoms with E-state index >= 15 is 0 Å². The quantitative estimate of drug-likeness (QED) is 0.647. The third kappa shape index (κ3) is 5.53. The van der Waals surface area contributed by atoms with Crippen LogP contribution in [-0.4, -0.2) is 51.6 Å². The standard InChI is InChI=1S/C15H20N2O5/c1-10(16-11(2)15(21)22)14(20)17(9-13(18)19)8-12-6-4-3-5-7-12/h3-7,10-11,16H,8-9H2,1-2H3,(H,18,19)(H,21,22)/t10-,11?/m0/s1. The summed E-state index contributed by atoms with van der Waals surface area (Å²) in [6.07, 6.45) is 0. The molecule has 0 saturated carbocycles. The molecule has 0 radical (unpaired) electrons. The fraction of sp³-hybridized carbons (Fsp3) is 0.400. The number of carbonyl (C=O) groups excluding carboxylic acids is 1. The molecule has 0 aliphatic heterocycles. The summed E-state index contributed by atoms with van der Waals surface area (Å²) in [7, 11) is 0. The first kappa shape index (κ1) is 17.6. The van der Waals surface area contributed by atoms with Crippen LogP contribution in [0.1, 0.15) is 19.4 Å². The number of hydrogen-bond donors (Lipinski definition) is 3. The van der Waals surface area contributed by atoms with Crippen LogP contribution in [0.15, 0.2) is 30.3 Å². The van der Waals surface area contributed by atoms with Crippen LogP contribution in [0.4, 0.5) is 0 Å². The maximum absolute atomic E-state index is 12.3. The third-order valence-electron chi connectivity index (χ3n) is 3.09. The smallest absolute Gasteiger partial charge is 0.323 e. The lowest BCUT2D eigenvalue weighted by atomic mass is 10.2. The molecule has 0 heterocycles. The molecule has 0 aromatic heterocycles. The number of nitrogens with zero attached hydrogens (tertiary/aromatic N) is 1. The number of benzene rings is 1. The van der Waals surface area contributed by atoms with Crippen LogP contribution in [0.5, 0.6) is 0 Å². The van der Waals surface area contributed by atoms with E-state index in [1.807, 2.05) is 6.07 Å². The molecule has 0 aliphatic carbocycles. The lowest BCUT2D eigenvalue weighted by molar-refractivity contribution is -0.146. The van der Waals surface area contributed by atoms with E-state index < -0.39 is 36.5 Å². The molecular formula is C15H20N2O5. The predicted molar refractivity (Wildman–Crippen MR) is 79.2 cm³/mol. The summed E-state index contributed by atoms with van der Waals surface area (Å²) < 4.78 is 0. The first-order valence-electron chi connectivity index (χ1n) is 6.84. The number of hydrogen-bond acceptors (Lipinski definition) is 4. The molecular weight excluding hydrogens is 288 g/mol. The van der Waals surface area contributed by atoms with Crippen LogP contribution >= 0.6 is 0 Å². The second kappa shape index (κ2) is 8.14. The van der Waals surface area contributed by atoms with Gasteiger partial charge in [0.2, 0.25) is 5.91 Å². The van der Waals surface area contributed by atoms with E-state index in [1.54, 1.807) is 24.3 Å². The molecule has 120 valence electrons. The maximum atomic E-state index is 12.3. The topological polar surface area (TPSA) is 107 Å². The van der Waals surface area contributed by atoms with Crippen molar-refractivity contribution in [1.29, 1.82) is 0 Å². The molecule has 0 saturated heterocycles. The van der Waals surface area contributed by atoms with Crippen molar-refractivity contribution in [2.45, 2.75) is 32.5 Å². The SMILES string of the molecule is CC(N[C@@H](C)C(=O)N(CC(=O)O)Cc1ccccc1)C(=O)O. The molecule has 3 N–H and O–H groups in total. The number of rotatable bonds is 8. The predicted octanol–water partition coefficient (Wildman–Crippen LogP) is 0.551. The Hall–Kier alpha value is -2.41. The first-order valence-corrected chi connectivity index (χ1v) is 6.84. The van der Waals surface area contributed by atoms with Gasteiger partial charge in [0.05, 0.1) is 6.04 Å². The Kier molecular flexibility index (Phi) is 6.52. The van der Waals surface area contributed by atoms with Gasteiger partial charge in [0.25, 0.3) is 0 Å². The van der Waals surface area contributed by atoms with E-state index in [9.17, 15) is 14.4 Å². The van der Waals surface area contributed by atoms with Gasteiger partial charge in [0.15, 0.2) is 0 Å². The Bertz CT molecular complexity index is 532. The van der Waals surface area contributed by atoms with Crippen LogP contribution in [0.3, 0.4) is 0 Å². The Balaban J connectivity index is 2.79. The van der Waals surface area contributed by atoms with Crippen molar-refractivity contribution < 1.29 is 24.6 Å². The summed E-state index contributed by atoms with van der Waals surface area (Å²) in [5.74, 6) is -2.66. The van der Waals surface area contributed by atoms with Crippen molar-refractivity contribution in [3.63, 3.8) is 0 Å². The largest absolute Gasteiger partial charge is 0.480 e. The van der Waals surface area contributed by atoms with Crippen molar-refractivity contribution in [2.75, 3.05) is 6.54 Å². The van der Waals surface area contributed by atoms with Gasteiger partial charge in [-0.2, -0.15) is 0 Å². The van der Waals surface area contributed by atoms with Gasteiger partial charge in [0, 0.05) is 6.54 Å². The Labute approximate surface area is 128 Å². The lowest BCUT2D eigenvalue weighted by Gasteiger charge is -2.26. The van der Waals surface area contributed by atoms with Crippen LogP contribution in [-0.2, 0) is 20.9 Å². The van der Waals surface area contributed by atoms with E-state index in [4.69, 9.17) is 10.2 Å². The minimum Gasteiger partial charge on any atom is -0.480 e. The van der Waals surface area contributed by atoms with Gasteiger partial charge in [-0.25, -0.2) is 0 Å². The molecule has 7 heteroatoms. The Morgan fingerprint density at radius 1 is 1.09 bits per heavy atom. The molecule has 1 aromatic carbocycles. The highest BCUT2D eigenvalue weighted by atomic mass is 16.4. The highest BCUT2D eigenvalue weighted by Crippen LogP contribution is 2.07. The second-order valence-electron chi connectivity index (χ2n) is 5.02. The van der Waals surface area contributed by atoms with Gasteiger partial charge in [-0.05, 0) is 19.4 Å². The number of carboxylic acids is 2. The zero-order chi connectivity index (χ0) is 16.7. The summed E-state index contributed by atoms with van der Waals surface area (Å²) in [6.45, 7) is 2.65. The van der Waals surface area contributed by atoms with E-state index in [0.717, 1.165) is 5.56 Å². The van der Waals surface area contributed by atoms with Crippen molar-refractivity contribution >= 4 is 17.8 Å². The van der Waals surface area contributed by atoms with Gasteiger partial charge in [-0.1, -0.05) is 30.3 Å². The molecule has 0 fully saturated rings. The molecule has 22 heavy (non-hydrogen) atoms. The highest BCUT2D eigenvalue weighted by Gasteiger charge is 2.25. The van der Waals surface area contributed by atoms with Crippen LogP contribution in [0, 0.1) is 0 Å². The maximum Gasteiger partial charge on any atom is 0.323 e. The number of nitrogens with one attached hydrogen (secondary N) is 1. The molecule has 2 atom stereocenters. The molecule has 1 aromatic rings. The zero-order valence-corrected chi connectivity index (χ0v) is 12.5. The Morgan fingerprint density at radius 3 is 2.18 bits per heavy atom. The number of aliphatic carboxylic acids is 2. The van der Waals surface area contributed by atoms with Crippen molar-refractivity contribution in [1.82, 2.24) is 10.2 Å². The monoisotopic (exact) mass is 308 g/mol. The fourth-order valence-electron chi connectivity index (χ4n) is 1.97. The first-order chi connectivity index (χ1) is 10.3. The summed E-state index contributed by atoms with van der Waals surface area (Å²) in [6, 6.07) is 7.31. The minimum atomic E-state index is -1.12. The normalized spacial score (nSPS) is 13.2. The Morgan fingerprint density at radius 2 is 1.68 bits per heavy atom. The number of amides is 1. The van der Waals surface area contributed by atoms with E-state index in [2.05, 4.69) is 5.32 Å².